The van der Waals surface area contributed by atoms with Gasteiger partial charge in [0.2, 0.25) is 5.91 Å². The van der Waals surface area contributed by atoms with Crippen molar-refractivity contribution >= 4 is 38.5 Å². The number of aryl methyl sites for hydroxylation is 1. The maximum absolute atomic E-state index is 13.4. The van der Waals surface area contributed by atoms with Crippen LogP contribution in [0.1, 0.15) is 44.7 Å². The van der Waals surface area contributed by atoms with Crippen LogP contribution in [0.5, 0.6) is 5.75 Å². The summed E-state index contributed by atoms with van der Waals surface area (Å²) in [6.07, 6.45) is 1.34. The first kappa shape index (κ1) is 25.8. The summed E-state index contributed by atoms with van der Waals surface area (Å²) >= 11 is 3.62. The number of halogens is 1. The molecule has 0 heterocycles. The Kier molecular flexibility index (Phi) is 9.11. The van der Waals surface area contributed by atoms with Crippen molar-refractivity contribution in [2.75, 3.05) is 6.61 Å². The monoisotopic (exact) mass is 524 g/mol. The van der Waals surface area contributed by atoms with Crippen LogP contribution in [0.25, 0.3) is 10.8 Å². The van der Waals surface area contributed by atoms with E-state index in [1.54, 1.807) is 4.90 Å². The van der Waals surface area contributed by atoms with Gasteiger partial charge in [0.15, 0.2) is 6.61 Å². The first-order valence-corrected chi connectivity index (χ1v) is 12.6. The number of fused-ring (bicyclic) bond motifs is 1. The molecule has 3 rings (SSSR count). The van der Waals surface area contributed by atoms with Crippen molar-refractivity contribution in [2.45, 2.75) is 59.2 Å². The number of carbonyl (C=O) groups excluding carboxylic acids is 2. The Bertz CT molecular complexity index is 1130. The predicted molar refractivity (Wildman–Crippen MR) is 141 cm³/mol. The summed E-state index contributed by atoms with van der Waals surface area (Å²) in [4.78, 5) is 28.1. The first-order valence-electron chi connectivity index (χ1n) is 11.8. The second kappa shape index (κ2) is 12.0. The third kappa shape index (κ3) is 6.38. The van der Waals surface area contributed by atoms with Crippen LogP contribution < -0.4 is 10.1 Å². The van der Waals surface area contributed by atoms with Gasteiger partial charge in [-0.25, -0.2) is 0 Å². The fourth-order valence-electron chi connectivity index (χ4n) is 3.80. The summed E-state index contributed by atoms with van der Waals surface area (Å²) in [5.41, 5.74) is 2.12. The van der Waals surface area contributed by atoms with Gasteiger partial charge < -0.3 is 15.0 Å². The van der Waals surface area contributed by atoms with Crippen LogP contribution in [-0.4, -0.2) is 35.4 Å². The summed E-state index contributed by atoms with van der Waals surface area (Å²) in [5, 5.41) is 5.13. The van der Waals surface area contributed by atoms with Crippen molar-refractivity contribution in [3.05, 3.63) is 76.3 Å². The zero-order valence-corrected chi connectivity index (χ0v) is 21.9. The van der Waals surface area contributed by atoms with E-state index in [1.165, 1.54) is 0 Å². The summed E-state index contributed by atoms with van der Waals surface area (Å²) < 4.78 is 6.76. The fourth-order valence-corrected chi connectivity index (χ4v) is 4.41. The number of rotatable bonds is 10. The highest BCUT2D eigenvalue weighted by atomic mass is 79.9. The van der Waals surface area contributed by atoms with Gasteiger partial charge in [-0.05, 0) is 65.0 Å². The molecule has 2 atom stereocenters. The van der Waals surface area contributed by atoms with Crippen molar-refractivity contribution in [3.8, 4) is 5.75 Å². The number of ether oxygens (including phenoxy) is 1. The van der Waals surface area contributed by atoms with Crippen LogP contribution in [0, 0.1) is 6.92 Å². The SMILES string of the molecule is CCC(C)NC(=O)C(CC)N(Cc1ccc(C)cc1)C(=O)COc1ccc2ccccc2c1Br. The molecule has 0 aliphatic carbocycles. The maximum atomic E-state index is 13.4. The third-order valence-electron chi connectivity index (χ3n) is 6.04. The molecule has 1 N–H and O–H groups in total. The molecule has 2 amide bonds. The quantitative estimate of drug-likeness (QED) is 0.353. The van der Waals surface area contributed by atoms with Gasteiger partial charge in [-0.3, -0.25) is 9.59 Å². The number of benzene rings is 3. The summed E-state index contributed by atoms with van der Waals surface area (Å²) in [5.74, 6) is 0.232. The van der Waals surface area contributed by atoms with Crippen molar-refractivity contribution in [3.63, 3.8) is 0 Å². The minimum Gasteiger partial charge on any atom is -0.483 e. The molecule has 0 saturated heterocycles. The largest absolute Gasteiger partial charge is 0.483 e. The van der Waals surface area contributed by atoms with Crippen molar-refractivity contribution in [1.82, 2.24) is 10.2 Å². The van der Waals surface area contributed by atoms with Crippen molar-refractivity contribution < 1.29 is 14.3 Å². The van der Waals surface area contributed by atoms with E-state index < -0.39 is 6.04 Å². The zero-order valence-electron chi connectivity index (χ0n) is 20.3. The van der Waals surface area contributed by atoms with Crippen LogP contribution in [0.2, 0.25) is 0 Å². The molecular weight excluding hydrogens is 492 g/mol. The first-order chi connectivity index (χ1) is 16.3. The normalized spacial score (nSPS) is 12.7. The Labute approximate surface area is 210 Å². The van der Waals surface area contributed by atoms with E-state index in [4.69, 9.17) is 4.74 Å². The molecule has 0 bridgehead atoms. The minimum absolute atomic E-state index is 0.0442. The molecule has 0 fully saturated rings. The summed E-state index contributed by atoms with van der Waals surface area (Å²) in [6, 6.07) is 19.3. The second-order valence-corrected chi connectivity index (χ2v) is 9.43. The lowest BCUT2D eigenvalue weighted by atomic mass is 10.1. The van der Waals surface area contributed by atoms with E-state index in [2.05, 4.69) is 21.2 Å². The molecule has 5 nitrogen and oxygen atoms in total. The number of amides is 2. The third-order valence-corrected chi connectivity index (χ3v) is 6.86. The average Bonchev–Trinajstić information content (AvgIpc) is 2.84. The number of hydrogen-bond acceptors (Lipinski definition) is 3. The lowest BCUT2D eigenvalue weighted by Crippen LogP contribution is -2.51. The van der Waals surface area contributed by atoms with Gasteiger partial charge in [0.1, 0.15) is 11.8 Å². The topological polar surface area (TPSA) is 58.6 Å². The van der Waals surface area contributed by atoms with Gasteiger partial charge in [0, 0.05) is 12.6 Å². The molecule has 6 heteroatoms. The molecule has 0 saturated carbocycles. The Morgan fingerprint density at radius 3 is 2.38 bits per heavy atom. The minimum atomic E-state index is -0.577. The Balaban J connectivity index is 1.82. The molecule has 180 valence electrons. The van der Waals surface area contributed by atoms with Gasteiger partial charge in [-0.2, -0.15) is 0 Å². The van der Waals surface area contributed by atoms with Crippen molar-refractivity contribution in [1.29, 1.82) is 0 Å². The summed E-state index contributed by atoms with van der Waals surface area (Å²) in [7, 11) is 0. The Morgan fingerprint density at radius 1 is 1.00 bits per heavy atom. The fraction of sp³-hybridized carbons (Fsp3) is 0.357. The van der Waals surface area contributed by atoms with E-state index in [-0.39, 0.29) is 24.5 Å². The van der Waals surface area contributed by atoms with Crippen LogP contribution >= 0.6 is 15.9 Å². The zero-order chi connectivity index (χ0) is 24.7. The van der Waals surface area contributed by atoms with Gasteiger partial charge in [-0.1, -0.05) is 74.0 Å². The number of nitrogens with one attached hydrogen (secondary N) is 1. The van der Waals surface area contributed by atoms with Crippen LogP contribution in [-0.2, 0) is 16.1 Å². The molecule has 34 heavy (non-hydrogen) atoms. The van der Waals surface area contributed by atoms with Gasteiger partial charge in [0.05, 0.1) is 4.47 Å². The number of carbonyl (C=O) groups is 2. The standard InChI is InChI=1S/C28H33BrN2O3/c1-5-20(4)30-28(33)24(6-2)31(17-21-13-11-19(3)12-14-21)26(32)18-34-25-16-15-22-9-7-8-10-23(22)27(25)29/h7-16,20,24H,5-6,17-18H2,1-4H3,(H,30,33). The van der Waals surface area contributed by atoms with Crippen molar-refractivity contribution in [2.24, 2.45) is 0 Å². The Hall–Kier alpha value is -2.86. The lowest BCUT2D eigenvalue weighted by molar-refractivity contribution is -0.143. The van der Waals surface area contributed by atoms with E-state index in [0.29, 0.717) is 18.7 Å². The highest BCUT2D eigenvalue weighted by molar-refractivity contribution is 9.10. The molecular formula is C28H33BrN2O3. The van der Waals surface area contributed by atoms with E-state index in [1.807, 2.05) is 88.4 Å². The van der Waals surface area contributed by atoms with Crippen LogP contribution in [0.4, 0.5) is 0 Å². The predicted octanol–water partition coefficient (Wildman–Crippen LogP) is 6.01. The number of nitrogens with zero attached hydrogens (tertiary/aromatic N) is 1. The smallest absolute Gasteiger partial charge is 0.261 e. The second-order valence-electron chi connectivity index (χ2n) is 8.64. The van der Waals surface area contributed by atoms with E-state index in [0.717, 1.165) is 32.8 Å². The molecule has 2 unspecified atom stereocenters. The van der Waals surface area contributed by atoms with Gasteiger partial charge >= 0.3 is 0 Å². The Morgan fingerprint density at radius 2 is 1.71 bits per heavy atom. The molecule has 3 aromatic rings. The van der Waals surface area contributed by atoms with Crippen LogP contribution in [0.15, 0.2) is 65.1 Å². The van der Waals surface area contributed by atoms with E-state index in [9.17, 15) is 9.59 Å². The molecule has 0 spiro atoms. The molecule has 0 aliphatic rings. The highest BCUT2D eigenvalue weighted by Crippen LogP contribution is 2.33. The lowest BCUT2D eigenvalue weighted by Gasteiger charge is -2.31. The maximum Gasteiger partial charge on any atom is 0.261 e. The molecule has 0 aromatic heterocycles. The average molecular weight is 525 g/mol. The van der Waals surface area contributed by atoms with Crippen LogP contribution in [0.3, 0.4) is 0 Å². The number of hydrogen-bond donors (Lipinski definition) is 1. The van der Waals surface area contributed by atoms with Gasteiger partial charge in [0.25, 0.3) is 5.91 Å². The summed E-state index contributed by atoms with van der Waals surface area (Å²) in [6.45, 7) is 8.13. The van der Waals surface area contributed by atoms with Gasteiger partial charge in [-0.15, -0.1) is 0 Å². The molecule has 3 aromatic carbocycles. The molecule has 0 aliphatic heterocycles. The van der Waals surface area contributed by atoms with E-state index >= 15 is 0 Å². The highest BCUT2D eigenvalue weighted by Gasteiger charge is 2.29. The molecule has 0 radical (unpaired) electrons.